The van der Waals surface area contributed by atoms with Crippen LogP contribution in [-0.4, -0.2) is 68.0 Å². The summed E-state index contributed by atoms with van der Waals surface area (Å²) >= 11 is 0. The van der Waals surface area contributed by atoms with Gasteiger partial charge in [-0.3, -0.25) is 4.79 Å². The molecule has 1 atom stereocenters. The van der Waals surface area contributed by atoms with E-state index in [0.29, 0.717) is 37.2 Å². The first-order chi connectivity index (χ1) is 16.0. The molecular formula is C24H37N5O4. The normalized spacial score (nSPS) is 15.6. The number of ether oxygens (including phenoxy) is 3. The van der Waals surface area contributed by atoms with Crippen molar-refractivity contribution in [3.8, 4) is 11.5 Å². The van der Waals surface area contributed by atoms with Crippen LogP contribution in [0.15, 0.2) is 12.1 Å². The van der Waals surface area contributed by atoms with Crippen LogP contribution in [0.25, 0.3) is 10.9 Å². The van der Waals surface area contributed by atoms with Crippen molar-refractivity contribution in [2.75, 3.05) is 50.1 Å². The van der Waals surface area contributed by atoms with Gasteiger partial charge >= 0.3 is 0 Å². The number of benzene rings is 1. The molecule has 1 aliphatic rings. The Balaban J connectivity index is 1.76. The SMILES string of the molecule is CCOc1cc2c(NC)nc(N(CC)CCCNC(=O)C3CCCO3)nc2cc1OC(C)C. The average molecular weight is 460 g/mol. The second kappa shape index (κ2) is 11.9. The highest BCUT2D eigenvalue weighted by Crippen LogP contribution is 2.36. The smallest absolute Gasteiger partial charge is 0.249 e. The largest absolute Gasteiger partial charge is 0.490 e. The Morgan fingerprint density at radius 1 is 1.27 bits per heavy atom. The van der Waals surface area contributed by atoms with E-state index in [1.54, 1.807) is 0 Å². The number of amides is 1. The topological polar surface area (TPSA) is 97.8 Å². The molecule has 9 nitrogen and oxygen atoms in total. The fraction of sp³-hybridized carbons (Fsp3) is 0.625. The van der Waals surface area contributed by atoms with E-state index in [-0.39, 0.29) is 18.1 Å². The highest BCUT2D eigenvalue weighted by atomic mass is 16.5. The van der Waals surface area contributed by atoms with Gasteiger partial charge < -0.3 is 29.7 Å². The van der Waals surface area contributed by atoms with E-state index in [2.05, 4.69) is 22.5 Å². The molecule has 2 N–H and O–H groups in total. The summed E-state index contributed by atoms with van der Waals surface area (Å²) in [5, 5.41) is 7.04. The third-order valence-corrected chi connectivity index (χ3v) is 5.44. The van der Waals surface area contributed by atoms with Crippen LogP contribution in [0.2, 0.25) is 0 Å². The molecule has 0 aliphatic carbocycles. The number of carbonyl (C=O) groups excluding carboxylic acids is 1. The zero-order valence-electron chi connectivity index (χ0n) is 20.4. The fourth-order valence-electron chi connectivity index (χ4n) is 3.85. The molecule has 2 aromatic rings. The third kappa shape index (κ3) is 6.37. The van der Waals surface area contributed by atoms with Gasteiger partial charge in [-0.05, 0) is 53.0 Å². The lowest BCUT2D eigenvalue weighted by Crippen LogP contribution is -2.36. The Bertz CT molecular complexity index is 931. The minimum atomic E-state index is -0.293. The molecular weight excluding hydrogens is 422 g/mol. The van der Waals surface area contributed by atoms with E-state index >= 15 is 0 Å². The molecule has 3 rings (SSSR count). The Hall–Kier alpha value is -2.81. The zero-order chi connectivity index (χ0) is 23.8. The highest BCUT2D eigenvalue weighted by molar-refractivity contribution is 5.92. The maximum Gasteiger partial charge on any atom is 0.249 e. The van der Waals surface area contributed by atoms with Crippen LogP contribution in [0.1, 0.15) is 47.0 Å². The number of rotatable bonds is 12. The Kier molecular flexibility index (Phi) is 8.94. The Morgan fingerprint density at radius 3 is 2.73 bits per heavy atom. The Labute approximate surface area is 196 Å². The van der Waals surface area contributed by atoms with Gasteiger partial charge in [0.1, 0.15) is 11.9 Å². The maximum atomic E-state index is 12.1. The van der Waals surface area contributed by atoms with Gasteiger partial charge in [0.2, 0.25) is 11.9 Å². The summed E-state index contributed by atoms with van der Waals surface area (Å²) in [6.07, 6.45) is 2.26. The van der Waals surface area contributed by atoms with Crippen molar-refractivity contribution in [2.45, 2.75) is 59.2 Å². The lowest BCUT2D eigenvalue weighted by atomic mass is 10.2. The van der Waals surface area contributed by atoms with Gasteiger partial charge in [0, 0.05) is 44.7 Å². The maximum absolute atomic E-state index is 12.1. The first kappa shape index (κ1) is 24.8. The molecule has 1 fully saturated rings. The lowest BCUT2D eigenvalue weighted by molar-refractivity contribution is -0.130. The van der Waals surface area contributed by atoms with Crippen molar-refractivity contribution < 1.29 is 19.0 Å². The lowest BCUT2D eigenvalue weighted by Gasteiger charge is -2.23. The van der Waals surface area contributed by atoms with Crippen LogP contribution in [0.5, 0.6) is 11.5 Å². The Morgan fingerprint density at radius 2 is 2.09 bits per heavy atom. The summed E-state index contributed by atoms with van der Waals surface area (Å²) in [4.78, 5) is 23.8. The number of nitrogens with zero attached hydrogens (tertiary/aromatic N) is 3. The molecule has 1 saturated heterocycles. The van der Waals surface area contributed by atoms with Gasteiger partial charge in [0.15, 0.2) is 11.5 Å². The molecule has 182 valence electrons. The number of hydrogen-bond donors (Lipinski definition) is 2. The van der Waals surface area contributed by atoms with Gasteiger partial charge in [-0.25, -0.2) is 4.98 Å². The molecule has 1 aliphatic heterocycles. The molecule has 0 saturated carbocycles. The quantitative estimate of drug-likeness (QED) is 0.466. The number of nitrogens with one attached hydrogen (secondary N) is 2. The first-order valence-electron chi connectivity index (χ1n) is 11.9. The number of fused-ring (bicyclic) bond motifs is 1. The van der Waals surface area contributed by atoms with Gasteiger partial charge in [-0.1, -0.05) is 0 Å². The standard InChI is InChI=1S/C24H37N5O4/c1-6-29(12-9-11-26-23(30)19-10-8-13-32-19)24-27-18-15-21(33-16(3)4)20(31-7-2)14-17(18)22(25-5)28-24/h14-16,19H,6-13H2,1-5H3,(H,26,30)(H,25,27,28). The van der Waals surface area contributed by atoms with E-state index in [0.717, 1.165) is 49.1 Å². The van der Waals surface area contributed by atoms with Crippen molar-refractivity contribution in [3.63, 3.8) is 0 Å². The minimum absolute atomic E-state index is 0.0160. The number of anilines is 2. The predicted octanol–water partition coefficient (Wildman–Crippen LogP) is 3.37. The van der Waals surface area contributed by atoms with Gasteiger partial charge in [0.25, 0.3) is 0 Å². The summed E-state index contributed by atoms with van der Waals surface area (Å²) in [5.74, 6) is 2.71. The monoisotopic (exact) mass is 459 g/mol. The molecule has 33 heavy (non-hydrogen) atoms. The second-order valence-electron chi connectivity index (χ2n) is 8.26. The summed E-state index contributed by atoms with van der Waals surface area (Å²) in [6, 6.07) is 3.85. The predicted molar refractivity (Wildman–Crippen MR) is 131 cm³/mol. The van der Waals surface area contributed by atoms with Crippen molar-refractivity contribution >= 4 is 28.6 Å². The summed E-state index contributed by atoms with van der Waals surface area (Å²) in [6.45, 7) is 11.3. The molecule has 9 heteroatoms. The molecule has 2 heterocycles. The summed E-state index contributed by atoms with van der Waals surface area (Å²) in [5.41, 5.74) is 0.786. The molecule has 1 unspecified atom stereocenters. The zero-order valence-corrected chi connectivity index (χ0v) is 20.4. The molecule has 0 bridgehead atoms. The molecule has 1 aromatic carbocycles. The van der Waals surface area contributed by atoms with E-state index in [1.165, 1.54) is 0 Å². The first-order valence-corrected chi connectivity index (χ1v) is 11.9. The highest BCUT2D eigenvalue weighted by Gasteiger charge is 2.23. The second-order valence-corrected chi connectivity index (χ2v) is 8.26. The van der Waals surface area contributed by atoms with Crippen molar-refractivity contribution in [2.24, 2.45) is 0 Å². The number of hydrogen-bond acceptors (Lipinski definition) is 8. The van der Waals surface area contributed by atoms with Crippen LogP contribution in [0, 0.1) is 0 Å². The third-order valence-electron chi connectivity index (χ3n) is 5.44. The summed E-state index contributed by atoms with van der Waals surface area (Å²) < 4.78 is 17.2. The van der Waals surface area contributed by atoms with Gasteiger partial charge in [-0.2, -0.15) is 4.98 Å². The van der Waals surface area contributed by atoms with Crippen molar-refractivity contribution in [1.29, 1.82) is 0 Å². The molecule has 0 spiro atoms. The molecule has 0 radical (unpaired) electrons. The van der Waals surface area contributed by atoms with Crippen molar-refractivity contribution in [3.05, 3.63) is 12.1 Å². The fourth-order valence-corrected chi connectivity index (χ4v) is 3.85. The van der Waals surface area contributed by atoms with E-state index in [1.807, 2.05) is 40.0 Å². The van der Waals surface area contributed by atoms with Crippen LogP contribution in [0.4, 0.5) is 11.8 Å². The molecule has 1 amide bonds. The average Bonchev–Trinajstić information content (AvgIpc) is 3.34. The number of carbonyl (C=O) groups is 1. The van der Waals surface area contributed by atoms with Gasteiger partial charge in [0.05, 0.1) is 18.2 Å². The molecule has 1 aromatic heterocycles. The van der Waals surface area contributed by atoms with Crippen LogP contribution in [-0.2, 0) is 9.53 Å². The van der Waals surface area contributed by atoms with E-state index in [4.69, 9.17) is 24.2 Å². The van der Waals surface area contributed by atoms with Crippen molar-refractivity contribution in [1.82, 2.24) is 15.3 Å². The summed E-state index contributed by atoms with van der Waals surface area (Å²) in [7, 11) is 1.85. The minimum Gasteiger partial charge on any atom is -0.490 e. The van der Waals surface area contributed by atoms with E-state index in [9.17, 15) is 4.79 Å². The number of aromatic nitrogens is 2. The van der Waals surface area contributed by atoms with Crippen LogP contribution in [0.3, 0.4) is 0 Å². The van der Waals surface area contributed by atoms with Gasteiger partial charge in [-0.15, -0.1) is 0 Å². The van der Waals surface area contributed by atoms with Crippen LogP contribution < -0.4 is 25.0 Å². The van der Waals surface area contributed by atoms with Crippen LogP contribution >= 0.6 is 0 Å². The van der Waals surface area contributed by atoms with E-state index < -0.39 is 0 Å².